The van der Waals surface area contributed by atoms with Crippen molar-refractivity contribution in [3.8, 4) is 11.3 Å². The van der Waals surface area contributed by atoms with Crippen LogP contribution in [-0.2, 0) is 4.79 Å². The Morgan fingerprint density at radius 2 is 2.21 bits per heavy atom. The van der Waals surface area contributed by atoms with Crippen molar-refractivity contribution in [2.45, 2.75) is 37.8 Å². The van der Waals surface area contributed by atoms with E-state index in [1.54, 1.807) is 11.1 Å². The van der Waals surface area contributed by atoms with Crippen molar-refractivity contribution in [2.75, 3.05) is 12.4 Å². The molecule has 0 unspecified atom stereocenters. The van der Waals surface area contributed by atoms with Gasteiger partial charge in [-0.05, 0) is 37.8 Å². The van der Waals surface area contributed by atoms with Crippen molar-refractivity contribution in [1.82, 2.24) is 19.9 Å². The van der Waals surface area contributed by atoms with Gasteiger partial charge in [0.25, 0.3) is 0 Å². The molecule has 1 amide bonds. The number of anilines is 1. The van der Waals surface area contributed by atoms with Gasteiger partial charge in [-0.25, -0.2) is 9.97 Å². The standard InChI is InChI=1S/C22H24ClN5O/c1-3-20(29)28(2)15-8-6-7-14(11-15)26-22-25-13-18(23)21(27-22)17-12-24-19-10-5-4-9-16(17)19/h3-5,9-10,12-15,24H,1,6-8,11H2,2H3,(H,25,26,27)/t14-,15+/m1/s1. The van der Waals surface area contributed by atoms with Gasteiger partial charge < -0.3 is 15.2 Å². The average Bonchev–Trinajstić information content (AvgIpc) is 3.18. The SMILES string of the molecule is C=CC(=O)N(C)[C@H]1CCC[C@@H](Nc2ncc(Cl)c(-c3c[nH]c4ccccc34)n2)C1. The Morgan fingerprint density at radius 3 is 3.03 bits per heavy atom. The number of amides is 1. The van der Waals surface area contributed by atoms with Gasteiger partial charge in [0.2, 0.25) is 11.9 Å². The summed E-state index contributed by atoms with van der Waals surface area (Å²) in [7, 11) is 1.84. The van der Waals surface area contributed by atoms with Crippen LogP contribution >= 0.6 is 11.6 Å². The van der Waals surface area contributed by atoms with Crippen molar-refractivity contribution in [1.29, 1.82) is 0 Å². The zero-order valence-electron chi connectivity index (χ0n) is 16.4. The van der Waals surface area contributed by atoms with Gasteiger partial charge in [0, 0.05) is 41.8 Å². The van der Waals surface area contributed by atoms with Gasteiger partial charge in [0.15, 0.2) is 0 Å². The smallest absolute Gasteiger partial charge is 0.245 e. The van der Waals surface area contributed by atoms with Crippen molar-refractivity contribution >= 4 is 34.4 Å². The Labute approximate surface area is 175 Å². The van der Waals surface area contributed by atoms with Gasteiger partial charge in [-0.2, -0.15) is 0 Å². The first-order valence-corrected chi connectivity index (χ1v) is 10.2. The highest BCUT2D eigenvalue weighted by atomic mass is 35.5. The molecule has 1 aliphatic carbocycles. The molecule has 7 heteroatoms. The summed E-state index contributed by atoms with van der Waals surface area (Å²) in [5, 5.41) is 5.03. The number of hydrogen-bond acceptors (Lipinski definition) is 4. The summed E-state index contributed by atoms with van der Waals surface area (Å²) in [6.07, 6.45) is 8.84. The predicted octanol–water partition coefficient (Wildman–Crippen LogP) is 4.65. The van der Waals surface area contributed by atoms with E-state index in [0.29, 0.717) is 16.7 Å². The second kappa shape index (κ2) is 8.25. The number of fused-ring (bicyclic) bond motifs is 1. The number of halogens is 1. The van der Waals surface area contributed by atoms with E-state index < -0.39 is 0 Å². The molecule has 4 rings (SSSR count). The van der Waals surface area contributed by atoms with Gasteiger partial charge in [-0.15, -0.1) is 0 Å². The fourth-order valence-corrected chi connectivity index (χ4v) is 4.24. The van der Waals surface area contributed by atoms with E-state index in [2.05, 4.69) is 21.9 Å². The monoisotopic (exact) mass is 409 g/mol. The van der Waals surface area contributed by atoms with E-state index in [4.69, 9.17) is 16.6 Å². The van der Waals surface area contributed by atoms with E-state index in [-0.39, 0.29) is 18.0 Å². The van der Waals surface area contributed by atoms with Crippen molar-refractivity contribution in [2.24, 2.45) is 0 Å². The zero-order chi connectivity index (χ0) is 20.4. The van der Waals surface area contributed by atoms with Crippen LogP contribution < -0.4 is 5.32 Å². The van der Waals surface area contributed by atoms with Crippen LogP contribution in [0.2, 0.25) is 5.02 Å². The number of aromatic nitrogens is 3. The van der Waals surface area contributed by atoms with Gasteiger partial charge >= 0.3 is 0 Å². The number of aromatic amines is 1. The first kappa shape index (κ1) is 19.5. The third-order valence-corrected chi connectivity index (χ3v) is 5.91. The maximum absolute atomic E-state index is 11.9. The summed E-state index contributed by atoms with van der Waals surface area (Å²) in [6.45, 7) is 3.59. The molecular weight excluding hydrogens is 386 g/mol. The summed E-state index contributed by atoms with van der Waals surface area (Å²) >= 11 is 6.43. The molecule has 150 valence electrons. The minimum Gasteiger partial charge on any atom is -0.360 e. The number of rotatable bonds is 5. The van der Waals surface area contributed by atoms with Gasteiger partial charge in [0.1, 0.15) is 0 Å². The normalized spacial score (nSPS) is 19.1. The number of H-pyrrole nitrogens is 1. The third-order valence-electron chi connectivity index (χ3n) is 5.64. The van der Waals surface area contributed by atoms with Crippen LogP contribution in [0, 0.1) is 0 Å². The minimum absolute atomic E-state index is 0.0417. The lowest BCUT2D eigenvalue weighted by Gasteiger charge is -2.35. The number of nitrogens with one attached hydrogen (secondary N) is 2. The Balaban J connectivity index is 1.55. The average molecular weight is 410 g/mol. The third kappa shape index (κ3) is 3.98. The molecule has 2 N–H and O–H groups in total. The van der Waals surface area contributed by atoms with Gasteiger partial charge in [-0.1, -0.05) is 36.4 Å². The fraction of sp³-hybridized carbons (Fsp3) is 0.318. The Morgan fingerprint density at radius 1 is 1.38 bits per heavy atom. The van der Waals surface area contributed by atoms with Crippen LogP contribution in [0.4, 0.5) is 5.95 Å². The Bertz CT molecular complexity index is 1050. The quantitative estimate of drug-likeness (QED) is 0.602. The van der Waals surface area contributed by atoms with E-state index in [0.717, 1.165) is 42.1 Å². The van der Waals surface area contributed by atoms with E-state index >= 15 is 0 Å². The van der Waals surface area contributed by atoms with Gasteiger partial charge in [0.05, 0.1) is 16.9 Å². The molecule has 1 aromatic carbocycles. The summed E-state index contributed by atoms with van der Waals surface area (Å²) < 4.78 is 0. The number of nitrogens with zero attached hydrogens (tertiary/aromatic N) is 3. The van der Waals surface area contributed by atoms with Crippen LogP contribution in [0.5, 0.6) is 0 Å². The number of carbonyl (C=O) groups excluding carboxylic acids is 1. The molecule has 1 aliphatic rings. The van der Waals surface area contributed by atoms with E-state index in [1.165, 1.54) is 6.08 Å². The largest absolute Gasteiger partial charge is 0.360 e. The van der Waals surface area contributed by atoms with Crippen LogP contribution in [0.15, 0.2) is 49.3 Å². The van der Waals surface area contributed by atoms with Crippen molar-refractivity contribution in [3.63, 3.8) is 0 Å². The van der Waals surface area contributed by atoms with E-state index in [1.807, 2.05) is 37.5 Å². The molecule has 1 saturated carbocycles. The maximum atomic E-state index is 11.9. The molecule has 0 radical (unpaired) electrons. The lowest BCUT2D eigenvalue weighted by atomic mass is 9.90. The summed E-state index contributed by atoms with van der Waals surface area (Å²) in [5.74, 6) is 0.512. The second-order valence-electron chi connectivity index (χ2n) is 7.45. The molecule has 0 bridgehead atoms. The highest BCUT2D eigenvalue weighted by Gasteiger charge is 2.27. The first-order valence-electron chi connectivity index (χ1n) is 9.81. The van der Waals surface area contributed by atoms with Crippen molar-refractivity contribution < 1.29 is 4.79 Å². The predicted molar refractivity (Wildman–Crippen MR) is 117 cm³/mol. The molecule has 1 fully saturated rings. The highest BCUT2D eigenvalue weighted by molar-refractivity contribution is 6.33. The van der Waals surface area contributed by atoms with Gasteiger partial charge in [-0.3, -0.25) is 4.79 Å². The zero-order valence-corrected chi connectivity index (χ0v) is 17.1. The lowest BCUT2D eigenvalue weighted by Crippen LogP contribution is -2.42. The maximum Gasteiger partial charge on any atom is 0.245 e. The molecule has 0 aliphatic heterocycles. The first-order chi connectivity index (χ1) is 14.1. The molecule has 0 saturated heterocycles. The fourth-order valence-electron chi connectivity index (χ4n) is 4.05. The number of para-hydroxylation sites is 1. The van der Waals surface area contributed by atoms with Crippen LogP contribution in [0.3, 0.4) is 0 Å². The second-order valence-corrected chi connectivity index (χ2v) is 7.86. The Kier molecular flexibility index (Phi) is 5.53. The molecule has 2 aromatic heterocycles. The van der Waals surface area contributed by atoms with Crippen LogP contribution in [-0.4, -0.2) is 44.9 Å². The number of likely N-dealkylation sites (N-methyl/N-ethyl adjacent to an activating group) is 1. The number of hydrogen-bond donors (Lipinski definition) is 2. The van der Waals surface area contributed by atoms with E-state index in [9.17, 15) is 4.79 Å². The Hall–Kier alpha value is -2.86. The molecule has 0 spiro atoms. The number of carbonyl (C=O) groups is 1. The number of benzene rings is 1. The topological polar surface area (TPSA) is 73.9 Å². The lowest BCUT2D eigenvalue weighted by molar-refractivity contribution is -0.127. The van der Waals surface area contributed by atoms with Crippen LogP contribution in [0.25, 0.3) is 22.2 Å². The summed E-state index contributed by atoms with van der Waals surface area (Å²) in [6, 6.07) is 8.45. The molecular formula is C22H24ClN5O. The molecule has 2 atom stereocenters. The molecule has 2 heterocycles. The molecule has 29 heavy (non-hydrogen) atoms. The highest BCUT2D eigenvalue weighted by Crippen LogP contribution is 2.33. The summed E-state index contributed by atoms with van der Waals surface area (Å²) in [5.41, 5.74) is 2.69. The van der Waals surface area contributed by atoms with Crippen molar-refractivity contribution in [3.05, 3.63) is 54.3 Å². The summed E-state index contributed by atoms with van der Waals surface area (Å²) in [4.78, 5) is 26.1. The van der Waals surface area contributed by atoms with Crippen LogP contribution in [0.1, 0.15) is 25.7 Å². The molecule has 3 aromatic rings. The molecule has 6 nitrogen and oxygen atoms in total. The minimum atomic E-state index is -0.0417.